The lowest BCUT2D eigenvalue weighted by Gasteiger charge is -2.55. The minimum atomic E-state index is -3.71. The van der Waals surface area contributed by atoms with Crippen LogP contribution in [0, 0.1) is 30.1 Å². The van der Waals surface area contributed by atoms with Crippen LogP contribution in [0.4, 0.5) is 0 Å². The molecule has 1 aromatic rings. The van der Waals surface area contributed by atoms with E-state index in [4.69, 9.17) is 4.74 Å². The second-order valence-corrected chi connectivity index (χ2v) is 12.7. The lowest BCUT2D eigenvalue weighted by molar-refractivity contribution is -0.146. The molecule has 0 radical (unpaired) electrons. The second kappa shape index (κ2) is 8.32. The van der Waals surface area contributed by atoms with E-state index in [2.05, 4.69) is 5.32 Å². The number of piperidine rings is 1. The maximum Gasteiger partial charge on any atom is 0.247 e. The minimum absolute atomic E-state index is 0.174. The summed E-state index contributed by atoms with van der Waals surface area (Å²) in [4.78, 5) is 13.6. The van der Waals surface area contributed by atoms with Gasteiger partial charge in [-0.2, -0.15) is 4.31 Å². The summed E-state index contributed by atoms with van der Waals surface area (Å²) in [5.41, 5.74) is 0.756. The Bertz CT molecular complexity index is 954. The summed E-state index contributed by atoms with van der Waals surface area (Å²) in [6.45, 7) is 2.80. The molecule has 1 atom stereocenters. The van der Waals surface area contributed by atoms with Crippen LogP contribution >= 0.6 is 0 Å². The van der Waals surface area contributed by atoms with E-state index in [0.717, 1.165) is 44.1 Å². The highest BCUT2D eigenvalue weighted by Crippen LogP contribution is 2.60. The molecule has 6 rings (SSSR count). The van der Waals surface area contributed by atoms with E-state index < -0.39 is 10.0 Å². The van der Waals surface area contributed by atoms with Crippen molar-refractivity contribution in [1.82, 2.24) is 9.62 Å². The standard InChI is InChI=1S/C25H36N2O4S/c1-17-6-7-23(22(9-17)31-2)32(29,30)27-8-4-3-5-21(27)16-26-24(28)25-13-18-10-19(14-25)12-20(11-18)15-25/h6-7,9,18-21H,3-5,8,10-16H2,1-2H3,(H,26,28). The molecule has 1 saturated heterocycles. The van der Waals surface area contributed by atoms with E-state index >= 15 is 0 Å². The number of hydrogen-bond acceptors (Lipinski definition) is 4. The van der Waals surface area contributed by atoms with Crippen LogP contribution in [0.3, 0.4) is 0 Å². The van der Waals surface area contributed by atoms with Gasteiger partial charge in [0.2, 0.25) is 15.9 Å². The van der Waals surface area contributed by atoms with E-state index in [0.29, 0.717) is 36.6 Å². The number of carbonyl (C=O) groups excluding carboxylic acids is 1. The van der Waals surface area contributed by atoms with Crippen molar-refractivity contribution in [2.24, 2.45) is 23.2 Å². The maximum absolute atomic E-state index is 13.6. The van der Waals surface area contributed by atoms with Crippen molar-refractivity contribution in [2.45, 2.75) is 75.6 Å². The minimum Gasteiger partial charge on any atom is -0.495 e. The normalized spacial score (nSPS) is 34.4. The fourth-order valence-electron chi connectivity index (χ4n) is 7.40. The van der Waals surface area contributed by atoms with Gasteiger partial charge in [0, 0.05) is 24.5 Å². The predicted octanol–water partition coefficient (Wildman–Crippen LogP) is 3.88. The highest BCUT2D eigenvalue weighted by molar-refractivity contribution is 7.89. The number of ether oxygens (including phenoxy) is 1. The van der Waals surface area contributed by atoms with E-state index in [9.17, 15) is 13.2 Å². The van der Waals surface area contributed by atoms with E-state index in [1.807, 2.05) is 13.0 Å². The molecule has 32 heavy (non-hydrogen) atoms. The van der Waals surface area contributed by atoms with Crippen molar-refractivity contribution in [3.63, 3.8) is 0 Å². The Kier molecular flexibility index (Phi) is 5.77. The lowest BCUT2D eigenvalue weighted by atomic mass is 9.49. The van der Waals surface area contributed by atoms with Gasteiger partial charge >= 0.3 is 0 Å². The topological polar surface area (TPSA) is 75.7 Å². The molecule has 1 aliphatic heterocycles. The predicted molar refractivity (Wildman–Crippen MR) is 123 cm³/mol. The smallest absolute Gasteiger partial charge is 0.247 e. The largest absolute Gasteiger partial charge is 0.495 e. The number of carbonyl (C=O) groups is 1. The van der Waals surface area contributed by atoms with Gasteiger partial charge in [-0.1, -0.05) is 12.5 Å². The van der Waals surface area contributed by atoms with Crippen LogP contribution in [-0.4, -0.2) is 44.9 Å². The van der Waals surface area contributed by atoms with Gasteiger partial charge in [-0.15, -0.1) is 0 Å². The Morgan fingerprint density at radius 3 is 2.41 bits per heavy atom. The van der Waals surface area contributed by atoms with Gasteiger partial charge in [-0.3, -0.25) is 4.79 Å². The van der Waals surface area contributed by atoms with Gasteiger partial charge < -0.3 is 10.1 Å². The molecule has 6 nitrogen and oxygen atoms in total. The monoisotopic (exact) mass is 460 g/mol. The molecule has 4 saturated carbocycles. The third kappa shape index (κ3) is 3.85. The number of sulfonamides is 1. The van der Waals surface area contributed by atoms with E-state index in [1.165, 1.54) is 26.4 Å². The van der Waals surface area contributed by atoms with Crippen LogP contribution in [-0.2, 0) is 14.8 Å². The molecule has 1 heterocycles. The number of aryl methyl sites for hydroxylation is 1. The zero-order valence-corrected chi connectivity index (χ0v) is 20.1. The van der Waals surface area contributed by atoms with E-state index in [1.54, 1.807) is 16.4 Å². The van der Waals surface area contributed by atoms with Gasteiger partial charge in [0.05, 0.1) is 7.11 Å². The van der Waals surface area contributed by atoms with Crippen LogP contribution in [0.15, 0.2) is 23.1 Å². The van der Waals surface area contributed by atoms with Crippen molar-refractivity contribution >= 4 is 15.9 Å². The number of hydrogen-bond donors (Lipinski definition) is 1. The van der Waals surface area contributed by atoms with Crippen molar-refractivity contribution in [2.75, 3.05) is 20.2 Å². The first kappa shape index (κ1) is 22.2. The summed E-state index contributed by atoms with van der Waals surface area (Å²) in [6, 6.07) is 5.00. The zero-order chi connectivity index (χ0) is 22.5. The maximum atomic E-state index is 13.6. The van der Waals surface area contributed by atoms with Gasteiger partial charge in [0.1, 0.15) is 10.6 Å². The fraction of sp³-hybridized carbons (Fsp3) is 0.720. The quantitative estimate of drug-likeness (QED) is 0.699. The highest BCUT2D eigenvalue weighted by atomic mass is 32.2. The molecule has 0 spiro atoms. The number of methoxy groups -OCH3 is 1. The molecule has 7 heteroatoms. The van der Waals surface area contributed by atoms with Crippen LogP contribution < -0.4 is 10.1 Å². The second-order valence-electron chi connectivity index (χ2n) is 10.8. The summed E-state index contributed by atoms with van der Waals surface area (Å²) in [7, 11) is -2.20. The highest BCUT2D eigenvalue weighted by Gasteiger charge is 2.54. The molecule has 1 aromatic carbocycles. The lowest BCUT2D eigenvalue weighted by Crippen LogP contribution is -2.56. The average molecular weight is 461 g/mol. The first-order valence-electron chi connectivity index (χ1n) is 12.3. The Morgan fingerprint density at radius 1 is 1.12 bits per heavy atom. The van der Waals surface area contributed by atoms with E-state index in [-0.39, 0.29) is 22.3 Å². The van der Waals surface area contributed by atoms with Crippen molar-refractivity contribution in [3.8, 4) is 5.75 Å². The molecule has 4 aliphatic carbocycles. The molecule has 1 N–H and O–H groups in total. The third-order valence-electron chi connectivity index (χ3n) is 8.50. The molecule has 176 valence electrons. The van der Waals surface area contributed by atoms with Crippen LogP contribution in [0.25, 0.3) is 0 Å². The van der Waals surface area contributed by atoms with Crippen molar-refractivity contribution in [1.29, 1.82) is 0 Å². The molecule has 1 amide bonds. The molecular weight excluding hydrogens is 424 g/mol. The number of rotatable bonds is 6. The summed E-state index contributed by atoms with van der Waals surface area (Å²) < 4.78 is 34.2. The first-order chi connectivity index (χ1) is 15.3. The van der Waals surface area contributed by atoms with Crippen LogP contribution in [0.2, 0.25) is 0 Å². The summed E-state index contributed by atoms with van der Waals surface area (Å²) >= 11 is 0. The zero-order valence-electron chi connectivity index (χ0n) is 19.3. The summed E-state index contributed by atoms with van der Waals surface area (Å²) in [5, 5.41) is 3.22. The molecule has 5 fully saturated rings. The molecular formula is C25H36N2O4S. The number of benzene rings is 1. The Balaban J connectivity index is 1.32. The number of amides is 1. The van der Waals surface area contributed by atoms with Crippen molar-refractivity contribution < 1.29 is 17.9 Å². The first-order valence-corrected chi connectivity index (χ1v) is 13.7. The van der Waals surface area contributed by atoms with Gasteiger partial charge in [0.15, 0.2) is 0 Å². The number of nitrogens with one attached hydrogen (secondary N) is 1. The summed E-state index contributed by atoms with van der Waals surface area (Å²) in [5.74, 6) is 2.70. The Hall–Kier alpha value is -1.60. The van der Waals surface area contributed by atoms with Crippen LogP contribution in [0.1, 0.15) is 63.4 Å². The van der Waals surface area contributed by atoms with Gasteiger partial charge in [0.25, 0.3) is 0 Å². The third-order valence-corrected chi connectivity index (χ3v) is 10.5. The fourth-order valence-corrected chi connectivity index (χ4v) is 9.23. The Morgan fingerprint density at radius 2 is 1.78 bits per heavy atom. The molecule has 0 aromatic heterocycles. The van der Waals surface area contributed by atoms with Gasteiger partial charge in [-0.25, -0.2) is 8.42 Å². The average Bonchev–Trinajstić information content (AvgIpc) is 2.76. The number of nitrogens with zero attached hydrogens (tertiary/aromatic N) is 1. The SMILES string of the molecule is COc1cc(C)ccc1S(=O)(=O)N1CCCCC1CNC(=O)C12CC3CC(CC(C3)C1)C2. The molecule has 4 bridgehead atoms. The Labute approximate surface area is 192 Å². The van der Waals surface area contributed by atoms with Gasteiger partial charge in [-0.05, 0) is 93.7 Å². The summed E-state index contributed by atoms with van der Waals surface area (Å²) in [6.07, 6.45) is 9.59. The van der Waals surface area contributed by atoms with Crippen LogP contribution in [0.5, 0.6) is 5.75 Å². The van der Waals surface area contributed by atoms with Crippen molar-refractivity contribution in [3.05, 3.63) is 23.8 Å². The molecule has 1 unspecified atom stereocenters. The molecule has 5 aliphatic rings.